The van der Waals surface area contributed by atoms with Crippen LogP contribution < -0.4 is 0 Å². The second-order valence-corrected chi connectivity index (χ2v) is 7.08. The molecule has 0 aliphatic heterocycles. The predicted molar refractivity (Wildman–Crippen MR) is 112 cm³/mol. The molecule has 0 nitrogen and oxygen atoms in total. The number of benzene rings is 4. The van der Waals surface area contributed by atoms with Crippen LogP contribution in [0.15, 0.2) is 60.7 Å². The second-order valence-electron chi connectivity index (χ2n) is 7.08. The Morgan fingerprint density at radius 3 is 1.48 bits per heavy atom. The van der Waals surface area contributed by atoms with Crippen molar-refractivity contribution in [1.29, 1.82) is 0 Å². The van der Waals surface area contributed by atoms with Crippen LogP contribution in [-0.4, -0.2) is 0 Å². The smallest absolute Gasteiger partial charge is 0.00668 e. The number of aryl methyl sites for hydroxylation is 2. The number of hydrogen-bond donors (Lipinski definition) is 0. The Balaban J connectivity index is 2.19. The van der Waals surface area contributed by atoms with Crippen LogP contribution in [0, 0.1) is 0 Å². The van der Waals surface area contributed by atoms with Gasteiger partial charge in [-0.05, 0) is 62.7 Å². The molecule has 0 heterocycles. The van der Waals surface area contributed by atoms with Gasteiger partial charge in [-0.3, -0.25) is 0 Å². The summed E-state index contributed by atoms with van der Waals surface area (Å²) in [6, 6.07) is 22.7. The van der Waals surface area contributed by atoms with Crippen LogP contribution in [0.2, 0.25) is 0 Å². The highest BCUT2D eigenvalue weighted by Gasteiger charge is 2.13. The largest absolute Gasteiger partial charge is 0.0654 e. The Morgan fingerprint density at radius 1 is 0.520 bits per heavy atom. The fourth-order valence-corrected chi connectivity index (χ4v) is 4.26. The van der Waals surface area contributed by atoms with E-state index in [1.807, 2.05) is 0 Å². The van der Waals surface area contributed by atoms with E-state index in [-0.39, 0.29) is 0 Å². The molecule has 0 aliphatic rings. The molecule has 126 valence electrons. The molecule has 25 heavy (non-hydrogen) atoms. The average molecular weight is 326 g/mol. The van der Waals surface area contributed by atoms with Gasteiger partial charge in [-0.15, -0.1) is 0 Å². The van der Waals surface area contributed by atoms with Crippen molar-refractivity contribution >= 4 is 32.3 Å². The van der Waals surface area contributed by atoms with E-state index in [1.54, 1.807) is 0 Å². The van der Waals surface area contributed by atoms with Crippen LogP contribution in [0.3, 0.4) is 0 Å². The second kappa shape index (κ2) is 6.88. The Hall–Kier alpha value is -2.34. The van der Waals surface area contributed by atoms with E-state index < -0.39 is 0 Å². The number of unbranched alkanes of at least 4 members (excludes halogenated alkanes) is 1. The highest BCUT2D eigenvalue weighted by molar-refractivity contribution is 6.26. The van der Waals surface area contributed by atoms with Crippen LogP contribution in [0.1, 0.15) is 44.2 Å². The first-order valence-electron chi connectivity index (χ1n) is 9.69. The highest BCUT2D eigenvalue weighted by atomic mass is 14.2. The summed E-state index contributed by atoms with van der Waals surface area (Å²) < 4.78 is 0. The zero-order valence-corrected chi connectivity index (χ0v) is 15.3. The topological polar surface area (TPSA) is 0 Å². The molecule has 0 saturated heterocycles. The molecule has 0 aliphatic carbocycles. The van der Waals surface area contributed by atoms with Crippen LogP contribution in [-0.2, 0) is 12.8 Å². The normalized spacial score (nSPS) is 11.6. The molecule has 0 saturated carbocycles. The lowest BCUT2D eigenvalue weighted by Gasteiger charge is -2.16. The summed E-state index contributed by atoms with van der Waals surface area (Å²) >= 11 is 0. The third kappa shape index (κ3) is 2.70. The lowest BCUT2D eigenvalue weighted by Crippen LogP contribution is -1.93. The van der Waals surface area contributed by atoms with Crippen molar-refractivity contribution in [3.63, 3.8) is 0 Å². The van der Waals surface area contributed by atoms with Crippen molar-refractivity contribution in [2.24, 2.45) is 0 Å². The van der Waals surface area contributed by atoms with E-state index >= 15 is 0 Å². The van der Waals surface area contributed by atoms with E-state index in [0.29, 0.717) is 0 Å². The summed E-state index contributed by atoms with van der Waals surface area (Å²) in [5, 5.41) is 8.59. The average Bonchev–Trinajstić information content (AvgIpc) is 2.66. The van der Waals surface area contributed by atoms with E-state index in [4.69, 9.17) is 0 Å². The Labute approximate surface area is 150 Å². The number of hydrogen-bond acceptors (Lipinski definition) is 0. The minimum Gasteiger partial charge on any atom is -0.0654 e. The van der Waals surface area contributed by atoms with E-state index in [9.17, 15) is 0 Å². The maximum atomic E-state index is 2.33. The fourth-order valence-electron chi connectivity index (χ4n) is 4.26. The standard InChI is InChI=1S/C25H26/c1-3-5-11-19-13-9-17-23-22-16-8-12-18(10-4-2)24(22)20-14-6-7-15-21(20)25(19)23/h6-9,12-17H,3-5,10-11H2,1-2H3. The molecule has 0 radical (unpaired) electrons. The molecule has 0 bridgehead atoms. The molecule has 0 fully saturated rings. The summed E-state index contributed by atoms with van der Waals surface area (Å²) in [5.41, 5.74) is 2.98. The molecule has 0 aromatic heterocycles. The van der Waals surface area contributed by atoms with Crippen molar-refractivity contribution in [2.75, 3.05) is 0 Å². The van der Waals surface area contributed by atoms with Crippen LogP contribution in [0.5, 0.6) is 0 Å². The molecule has 0 amide bonds. The molecule has 4 aromatic carbocycles. The maximum absolute atomic E-state index is 2.33. The highest BCUT2D eigenvalue weighted by Crippen LogP contribution is 2.38. The molecular formula is C25H26. The van der Waals surface area contributed by atoms with Crippen LogP contribution in [0.25, 0.3) is 32.3 Å². The van der Waals surface area contributed by atoms with Gasteiger partial charge in [-0.25, -0.2) is 0 Å². The lowest BCUT2D eigenvalue weighted by molar-refractivity contribution is 0.799. The predicted octanol–water partition coefficient (Wildman–Crippen LogP) is 7.44. The van der Waals surface area contributed by atoms with Crippen LogP contribution >= 0.6 is 0 Å². The molecule has 4 aromatic rings. The van der Waals surface area contributed by atoms with Crippen molar-refractivity contribution < 1.29 is 0 Å². The minimum atomic E-state index is 1.14. The van der Waals surface area contributed by atoms with Crippen molar-refractivity contribution in [3.05, 3.63) is 71.8 Å². The molecule has 0 atom stereocenters. The van der Waals surface area contributed by atoms with Gasteiger partial charge in [0.1, 0.15) is 0 Å². The Morgan fingerprint density at radius 2 is 1.00 bits per heavy atom. The van der Waals surface area contributed by atoms with Gasteiger partial charge in [0.2, 0.25) is 0 Å². The quantitative estimate of drug-likeness (QED) is 0.334. The van der Waals surface area contributed by atoms with Gasteiger partial charge in [0.25, 0.3) is 0 Å². The molecule has 0 N–H and O–H groups in total. The van der Waals surface area contributed by atoms with Crippen LogP contribution in [0.4, 0.5) is 0 Å². The maximum Gasteiger partial charge on any atom is -0.00668 e. The monoisotopic (exact) mass is 326 g/mol. The summed E-state index contributed by atoms with van der Waals surface area (Å²) in [5.74, 6) is 0. The van der Waals surface area contributed by atoms with Gasteiger partial charge >= 0.3 is 0 Å². The number of rotatable bonds is 5. The summed E-state index contributed by atoms with van der Waals surface area (Å²) in [4.78, 5) is 0. The first kappa shape index (κ1) is 16.1. The zero-order chi connectivity index (χ0) is 17.2. The van der Waals surface area contributed by atoms with E-state index in [0.717, 1.165) is 12.8 Å². The molecule has 0 unspecified atom stereocenters. The first-order valence-corrected chi connectivity index (χ1v) is 9.69. The molecule has 4 rings (SSSR count). The Kier molecular flexibility index (Phi) is 4.44. The summed E-state index contributed by atoms with van der Waals surface area (Å²) in [6.07, 6.45) is 5.98. The SMILES string of the molecule is CCCCc1cccc2c3cccc(CCC)c3c3ccccc3c12. The van der Waals surface area contributed by atoms with Gasteiger partial charge in [0, 0.05) is 0 Å². The van der Waals surface area contributed by atoms with Crippen molar-refractivity contribution in [1.82, 2.24) is 0 Å². The third-order valence-corrected chi connectivity index (χ3v) is 5.38. The fraction of sp³-hybridized carbons (Fsp3) is 0.280. The zero-order valence-electron chi connectivity index (χ0n) is 15.3. The summed E-state index contributed by atoms with van der Waals surface area (Å²) in [6.45, 7) is 4.54. The van der Waals surface area contributed by atoms with E-state index in [1.165, 1.54) is 62.7 Å². The first-order chi connectivity index (χ1) is 12.3. The number of fused-ring (bicyclic) bond motifs is 6. The molecule has 0 spiro atoms. The Bertz CT molecular complexity index is 1000. The minimum absolute atomic E-state index is 1.14. The van der Waals surface area contributed by atoms with E-state index in [2.05, 4.69) is 74.5 Å². The van der Waals surface area contributed by atoms with Gasteiger partial charge in [-0.1, -0.05) is 87.4 Å². The van der Waals surface area contributed by atoms with Gasteiger partial charge < -0.3 is 0 Å². The summed E-state index contributed by atoms with van der Waals surface area (Å²) in [7, 11) is 0. The van der Waals surface area contributed by atoms with Crippen molar-refractivity contribution in [2.45, 2.75) is 46.0 Å². The van der Waals surface area contributed by atoms with Gasteiger partial charge in [0.15, 0.2) is 0 Å². The molecular weight excluding hydrogens is 300 g/mol. The van der Waals surface area contributed by atoms with Gasteiger partial charge in [-0.2, -0.15) is 0 Å². The van der Waals surface area contributed by atoms with Crippen molar-refractivity contribution in [3.8, 4) is 0 Å². The van der Waals surface area contributed by atoms with Gasteiger partial charge in [0.05, 0.1) is 0 Å². The molecule has 0 heteroatoms. The lowest BCUT2D eigenvalue weighted by atomic mass is 9.88. The third-order valence-electron chi connectivity index (χ3n) is 5.38.